The number of amides is 2. The van der Waals surface area contributed by atoms with Crippen molar-refractivity contribution in [1.82, 2.24) is 15.5 Å². The number of carbonyl (C=O) groups is 2. The molecule has 0 bridgehead atoms. The third-order valence-corrected chi connectivity index (χ3v) is 5.39. The van der Waals surface area contributed by atoms with Crippen molar-refractivity contribution in [2.75, 3.05) is 40.5 Å². The summed E-state index contributed by atoms with van der Waals surface area (Å²) in [6.07, 6.45) is 3.01. The Labute approximate surface area is 143 Å². The van der Waals surface area contributed by atoms with Crippen LogP contribution in [0.5, 0.6) is 0 Å². The highest BCUT2D eigenvalue weighted by Crippen LogP contribution is 2.40. The number of hydrogen-bond donors (Lipinski definition) is 2. The second-order valence-electron chi connectivity index (χ2n) is 7.31. The highest BCUT2D eigenvalue weighted by atomic mass is 16.5. The molecule has 136 valence electrons. The van der Waals surface area contributed by atoms with E-state index in [0.29, 0.717) is 44.7 Å². The van der Waals surface area contributed by atoms with E-state index in [2.05, 4.69) is 22.6 Å². The minimum atomic E-state index is -0.0961. The molecule has 7 nitrogen and oxygen atoms in total. The van der Waals surface area contributed by atoms with E-state index < -0.39 is 0 Å². The Balaban J connectivity index is 1.53. The van der Waals surface area contributed by atoms with Crippen molar-refractivity contribution < 1.29 is 19.1 Å². The summed E-state index contributed by atoms with van der Waals surface area (Å²) in [5.41, 5.74) is 0. The van der Waals surface area contributed by atoms with E-state index in [1.165, 1.54) is 0 Å². The lowest BCUT2D eigenvalue weighted by molar-refractivity contribution is -0.124. The van der Waals surface area contributed by atoms with Crippen LogP contribution < -0.4 is 10.6 Å². The second kappa shape index (κ2) is 7.80. The van der Waals surface area contributed by atoms with Gasteiger partial charge >= 0.3 is 0 Å². The lowest BCUT2D eigenvalue weighted by atomic mass is 9.84. The van der Waals surface area contributed by atoms with Gasteiger partial charge in [0.2, 0.25) is 11.8 Å². The molecule has 0 radical (unpaired) electrons. The van der Waals surface area contributed by atoms with Crippen LogP contribution in [0.25, 0.3) is 0 Å². The van der Waals surface area contributed by atoms with Gasteiger partial charge in [0, 0.05) is 44.6 Å². The van der Waals surface area contributed by atoms with Crippen LogP contribution in [-0.4, -0.2) is 75.4 Å². The van der Waals surface area contributed by atoms with Crippen molar-refractivity contribution in [2.45, 2.75) is 43.9 Å². The molecule has 0 aromatic rings. The molecule has 2 N–H and O–H groups in total. The predicted molar refractivity (Wildman–Crippen MR) is 88.4 cm³/mol. The number of ether oxygens (including phenoxy) is 2. The zero-order valence-electron chi connectivity index (χ0n) is 14.6. The van der Waals surface area contributed by atoms with Crippen LogP contribution in [-0.2, 0) is 19.1 Å². The molecule has 3 fully saturated rings. The summed E-state index contributed by atoms with van der Waals surface area (Å²) >= 11 is 0. The van der Waals surface area contributed by atoms with Crippen molar-refractivity contribution in [3.8, 4) is 0 Å². The largest absolute Gasteiger partial charge is 0.383 e. The van der Waals surface area contributed by atoms with Gasteiger partial charge in [-0.2, -0.15) is 0 Å². The first-order valence-corrected chi connectivity index (χ1v) is 8.95. The first-order chi connectivity index (χ1) is 11.6. The minimum absolute atomic E-state index is 0.00608. The van der Waals surface area contributed by atoms with Crippen molar-refractivity contribution >= 4 is 11.8 Å². The average molecular weight is 339 g/mol. The van der Waals surface area contributed by atoms with Crippen LogP contribution in [0, 0.1) is 11.8 Å². The number of hydrogen-bond acceptors (Lipinski definition) is 5. The van der Waals surface area contributed by atoms with Gasteiger partial charge < -0.3 is 25.0 Å². The van der Waals surface area contributed by atoms with Crippen LogP contribution in [0.4, 0.5) is 0 Å². The summed E-state index contributed by atoms with van der Waals surface area (Å²) in [6, 6.07) is 0.718. The van der Waals surface area contributed by atoms with Crippen molar-refractivity contribution in [3.63, 3.8) is 0 Å². The summed E-state index contributed by atoms with van der Waals surface area (Å²) < 4.78 is 10.9. The molecule has 2 heterocycles. The number of rotatable bonds is 8. The second-order valence-corrected chi connectivity index (χ2v) is 7.31. The number of likely N-dealkylation sites (N-methyl/N-ethyl adjacent to an activating group) is 1. The van der Waals surface area contributed by atoms with E-state index in [0.717, 1.165) is 19.4 Å². The molecular weight excluding hydrogens is 310 g/mol. The van der Waals surface area contributed by atoms with Gasteiger partial charge in [-0.1, -0.05) is 0 Å². The molecule has 0 spiro atoms. The highest BCUT2D eigenvalue weighted by Gasteiger charge is 2.50. The molecule has 0 aromatic carbocycles. The lowest BCUT2D eigenvalue weighted by Gasteiger charge is -2.23. The zero-order chi connectivity index (χ0) is 17.1. The normalized spacial score (nSPS) is 32.6. The molecule has 2 aliphatic heterocycles. The fourth-order valence-corrected chi connectivity index (χ4v) is 4.05. The van der Waals surface area contributed by atoms with Gasteiger partial charge in [0.25, 0.3) is 0 Å². The van der Waals surface area contributed by atoms with Gasteiger partial charge in [0.05, 0.1) is 25.7 Å². The SMILES string of the molecule is COCCNC(=O)C[C@@H]1OC[C@@H]2[C@H]1[C@H](CC(=O)NC1CC1)CN2C. The number of carbonyl (C=O) groups excluding carboxylic acids is 2. The number of fused-ring (bicyclic) bond motifs is 1. The summed E-state index contributed by atoms with van der Waals surface area (Å²) in [4.78, 5) is 26.6. The van der Waals surface area contributed by atoms with Crippen LogP contribution in [0.3, 0.4) is 0 Å². The number of nitrogens with one attached hydrogen (secondary N) is 2. The van der Waals surface area contributed by atoms with Gasteiger partial charge in [-0.05, 0) is 25.8 Å². The van der Waals surface area contributed by atoms with Crippen molar-refractivity contribution in [2.24, 2.45) is 11.8 Å². The molecule has 3 rings (SSSR count). The first kappa shape index (κ1) is 17.6. The van der Waals surface area contributed by atoms with Crippen LogP contribution in [0.2, 0.25) is 0 Å². The quantitative estimate of drug-likeness (QED) is 0.596. The smallest absolute Gasteiger partial charge is 0.222 e. The van der Waals surface area contributed by atoms with Crippen molar-refractivity contribution in [1.29, 1.82) is 0 Å². The molecule has 1 aliphatic carbocycles. The summed E-state index contributed by atoms with van der Waals surface area (Å²) in [5.74, 6) is 0.659. The van der Waals surface area contributed by atoms with Gasteiger partial charge in [0.1, 0.15) is 0 Å². The molecule has 4 atom stereocenters. The molecule has 2 amide bonds. The van der Waals surface area contributed by atoms with E-state index in [1.807, 2.05) is 0 Å². The predicted octanol–water partition coefficient (Wildman–Crippen LogP) is -0.247. The Bertz CT molecular complexity index is 469. The van der Waals surface area contributed by atoms with E-state index in [9.17, 15) is 9.59 Å². The van der Waals surface area contributed by atoms with Crippen LogP contribution >= 0.6 is 0 Å². The van der Waals surface area contributed by atoms with E-state index in [4.69, 9.17) is 9.47 Å². The maximum atomic E-state index is 12.2. The molecule has 0 aromatic heterocycles. The summed E-state index contributed by atoms with van der Waals surface area (Å²) in [6.45, 7) is 2.58. The Morgan fingerprint density at radius 2 is 2.04 bits per heavy atom. The fourth-order valence-electron chi connectivity index (χ4n) is 4.05. The molecule has 3 aliphatic rings. The summed E-state index contributed by atoms with van der Waals surface area (Å²) in [5, 5.41) is 5.93. The van der Waals surface area contributed by atoms with E-state index >= 15 is 0 Å². The molecule has 7 heteroatoms. The Kier molecular flexibility index (Phi) is 5.73. The van der Waals surface area contributed by atoms with Gasteiger partial charge in [-0.3, -0.25) is 9.59 Å². The van der Waals surface area contributed by atoms with Crippen LogP contribution in [0.1, 0.15) is 25.7 Å². The standard InChI is InChI=1S/C17H29N3O4/c1-20-9-11(7-16(22)19-12-3-4-12)17-13(20)10-24-14(17)8-15(21)18-5-6-23-2/h11-14,17H,3-10H2,1-2H3,(H,18,21)(H,19,22)/t11-,13-,14+,17-/m1/s1. The number of nitrogens with zero attached hydrogens (tertiary/aromatic N) is 1. The number of methoxy groups -OCH3 is 1. The van der Waals surface area contributed by atoms with E-state index in [-0.39, 0.29) is 29.8 Å². The Morgan fingerprint density at radius 3 is 2.75 bits per heavy atom. The maximum absolute atomic E-state index is 12.2. The van der Waals surface area contributed by atoms with Crippen LogP contribution in [0.15, 0.2) is 0 Å². The van der Waals surface area contributed by atoms with Gasteiger partial charge in [0.15, 0.2) is 0 Å². The average Bonchev–Trinajstić information content (AvgIpc) is 3.15. The topological polar surface area (TPSA) is 79.9 Å². The molecule has 1 saturated carbocycles. The Morgan fingerprint density at radius 1 is 1.25 bits per heavy atom. The molecule has 2 saturated heterocycles. The first-order valence-electron chi connectivity index (χ1n) is 8.95. The van der Waals surface area contributed by atoms with Crippen molar-refractivity contribution in [3.05, 3.63) is 0 Å². The highest BCUT2D eigenvalue weighted by molar-refractivity contribution is 5.77. The molecular formula is C17H29N3O4. The monoisotopic (exact) mass is 339 g/mol. The molecule has 0 unspecified atom stereocenters. The maximum Gasteiger partial charge on any atom is 0.222 e. The third-order valence-electron chi connectivity index (χ3n) is 5.39. The lowest BCUT2D eigenvalue weighted by Crippen LogP contribution is -2.36. The van der Waals surface area contributed by atoms with Gasteiger partial charge in [-0.25, -0.2) is 0 Å². The Hall–Kier alpha value is -1.18. The third kappa shape index (κ3) is 4.26. The fraction of sp³-hybridized carbons (Fsp3) is 0.882. The minimum Gasteiger partial charge on any atom is -0.383 e. The van der Waals surface area contributed by atoms with E-state index in [1.54, 1.807) is 7.11 Å². The van der Waals surface area contributed by atoms with Gasteiger partial charge in [-0.15, -0.1) is 0 Å². The summed E-state index contributed by atoms with van der Waals surface area (Å²) in [7, 11) is 3.70. The number of likely N-dealkylation sites (tertiary alicyclic amines) is 1. The zero-order valence-corrected chi connectivity index (χ0v) is 14.6. The molecule has 24 heavy (non-hydrogen) atoms.